The van der Waals surface area contributed by atoms with Crippen molar-refractivity contribution in [2.45, 2.75) is 244 Å². The normalized spacial score (nSPS) is 14.5. The highest BCUT2D eigenvalue weighted by molar-refractivity contribution is 7.47. The Kier molecular flexibility index (Phi) is 43.5. The first-order valence-electron chi connectivity index (χ1n) is 26.0. The monoisotopic (exact) mass is 894 g/mol. The van der Waals surface area contributed by atoms with E-state index >= 15 is 0 Å². The fourth-order valence-corrected chi connectivity index (χ4v) is 8.10. The number of hydrogen-bond acceptors (Lipinski definition) is 5. The number of aliphatic hydroxyl groups excluding tert-OH is 1. The highest BCUT2D eigenvalue weighted by Gasteiger charge is 2.27. The highest BCUT2D eigenvalue weighted by Crippen LogP contribution is 2.43. The molecule has 9 heteroatoms. The van der Waals surface area contributed by atoms with E-state index in [1.807, 2.05) is 27.2 Å². The van der Waals surface area contributed by atoms with Gasteiger partial charge in [-0.05, 0) is 70.6 Å². The number of aliphatic hydroxyl groups is 1. The van der Waals surface area contributed by atoms with E-state index in [1.165, 1.54) is 167 Å². The number of quaternary nitrogens is 1. The minimum absolute atomic E-state index is 0.0526. The van der Waals surface area contributed by atoms with Crippen LogP contribution in [0.1, 0.15) is 232 Å². The predicted molar refractivity (Wildman–Crippen MR) is 267 cm³/mol. The largest absolute Gasteiger partial charge is 0.472 e. The summed E-state index contributed by atoms with van der Waals surface area (Å²) >= 11 is 0. The van der Waals surface area contributed by atoms with Gasteiger partial charge in [0.1, 0.15) is 13.2 Å². The van der Waals surface area contributed by atoms with Crippen LogP contribution in [0.4, 0.5) is 0 Å². The third-order valence-electron chi connectivity index (χ3n) is 11.5. The maximum absolute atomic E-state index is 12.9. The quantitative estimate of drug-likeness (QED) is 0.0243. The van der Waals surface area contributed by atoms with Gasteiger partial charge in [0, 0.05) is 6.42 Å². The smallest absolute Gasteiger partial charge is 0.387 e. The molecule has 0 aromatic heterocycles. The molecule has 0 aromatic rings. The molecule has 3 N–H and O–H groups in total. The third-order valence-corrected chi connectivity index (χ3v) is 12.5. The second-order valence-corrected chi connectivity index (χ2v) is 20.3. The summed E-state index contributed by atoms with van der Waals surface area (Å²) in [5.41, 5.74) is 0. The topological polar surface area (TPSA) is 105 Å². The number of carbonyl (C=O) groups is 1. The SMILES string of the molecule is CCCCCCCC/C=C\CCCCCCCCCCCC(=O)NC(COP(=O)(O)OCC[N+](C)(C)C)C(O)/C=C/CC/C=C/CC/C=C/CCCCCCCCCCCCC. The van der Waals surface area contributed by atoms with Crippen molar-refractivity contribution in [1.29, 1.82) is 0 Å². The Balaban J connectivity index is 4.39. The summed E-state index contributed by atoms with van der Waals surface area (Å²) < 4.78 is 23.6. The van der Waals surface area contributed by atoms with Gasteiger partial charge in [0.2, 0.25) is 5.91 Å². The summed E-state index contributed by atoms with van der Waals surface area (Å²) in [6.07, 6.45) is 57.7. The molecule has 0 aliphatic carbocycles. The molecular formula is C53H102N2O6P+. The van der Waals surface area contributed by atoms with Crippen LogP contribution in [0.2, 0.25) is 0 Å². The van der Waals surface area contributed by atoms with Crippen LogP contribution in [0.3, 0.4) is 0 Å². The van der Waals surface area contributed by atoms with Crippen molar-refractivity contribution in [3.63, 3.8) is 0 Å². The zero-order chi connectivity index (χ0) is 45.7. The van der Waals surface area contributed by atoms with Crippen LogP contribution < -0.4 is 5.32 Å². The van der Waals surface area contributed by atoms with Crippen LogP contribution in [0, 0.1) is 0 Å². The standard InChI is InChI=1S/C53H101N2O6P/c1-6-8-10-12-14-16-18-20-22-24-26-27-29-30-32-34-36-38-40-42-44-46-52(56)51(50-61-62(58,59)60-49-48-55(3,4)5)54-53(57)47-45-43-41-39-37-35-33-31-28-25-23-21-19-17-15-13-11-9-7-2/h21,23,29-30,36,38,44,46,51-52,56H,6-20,22,24-28,31-35,37,39-43,45,47-50H2,1-5H3,(H-,54,57,58,59)/p+1/b23-21-,30-29+,38-36+,46-44+. The number of likely N-dealkylation sites (N-methyl/N-ethyl adjacent to an activating group) is 1. The van der Waals surface area contributed by atoms with Crippen molar-refractivity contribution in [3.05, 3.63) is 48.6 Å². The average Bonchev–Trinajstić information content (AvgIpc) is 3.23. The molecule has 1 amide bonds. The third kappa shape index (κ3) is 46.5. The summed E-state index contributed by atoms with van der Waals surface area (Å²) in [6.45, 7) is 4.79. The Morgan fingerprint density at radius 1 is 0.532 bits per heavy atom. The maximum atomic E-state index is 12.9. The second kappa shape index (κ2) is 44.7. The van der Waals surface area contributed by atoms with E-state index in [4.69, 9.17) is 9.05 Å². The van der Waals surface area contributed by atoms with Crippen molar-refractivity contribution >= 4 is 13.7 Å². The number of nitrogens with zero attached hydrogens (tertiary/aromatic N) is 1. The van der Waals surface area contributed by atoms with Crippen LogP contribution in [-0.2, 0) is 18.4 Å². The van der Waals surface area contributed by atoms with Gasteiger partial charge < -0.3 is 19.8 Å². The number of amides is 1. The van der Waals surface area contributed by atoms with Gasteiger partial charge in [-0.3, -0.25) is 13.8 Å². The van der Waals surface area contributed by atoms with E-state index in [9.17, 15) is 19.4 Å². The summed E-state index contributed by atoms with van der Waals surface area (Å²) in [5.74, 6) is -0.193. The first-order valence-corrected chi connectivity index (χ1v) is 27.5. The molecule has 0 aliphatic rings. The van der Waals surface area contributed by atoms with Gasteiger partial charge in [-0.15, -0.1) is 0 Å². The lowest BCUT2D eigenvalue weighted by atomic mass is 10.0. The lowest BCUT2D eigenvalue weighted by Gasteiger charge is -2.25. The van der Waals surface area contributed by atoms with Crippen LogP contribution >= 0.6 is 7.82 Å². The molecule has 0 radical (unpaired) electrons. The number of phosphoric acid groups is 1. The molecule has 364 valence electrons. The van der Waals surface area contributed by atoms with Gasteiger partial charge in [-0.25, -0.2) is 4.57 Å². The lowest BCUT2D eigenvalue weighted by molar-refractivity contribution is -0.870. The molecule has 8 nitrogen and oxygen atoms in total. The minimum atomic E-state index is -4.36. The van der Waals surface area contributed by atoms with Gasteiger partial charge in [-0.1, -0.05) is 204 Å². The number of nitrogens with one attached hydrogen (secondary N) is 1. The molecule has 0 bridgehead atoms. The summed E-state index contributed by atoms with van der Waals surface area (Å²) in [4.78, 5) is 23.2. The van der Waals surface area contributed by atoms with Crippen molar-refractivity contribution in [3.8, 4) is 0 Å². The Labute approximate surface area is 384 Å². The van der Waals surface area contributed by atoms with Gasteiger partial charge in [0.15, 0.2) is 0 Å². The van der Waals surface area contributed by atoms with Crippen LogP contribution in [-0.4, -0.2) is 73.4 Å². The Bertz CT molecular complexity index is 1150. The van der Waals surface area contributed by atoms with E-state index in [0.29, 0.717) is 17.4 Å². The van der Waals surface area contributed by atoms with Crippen LogP contribution in [0.5, 0.6) is 0 Å². The molecule has 3 atom stereocenters. The molecule has 0 heterocycles. The Hall–Kier alpha value is -1.54. The van der Waals surface area contributed by atoms with Crippen molar-refractivity contribution in [2.24, 2.45) is 0 Å². The molecule has 62 heavy (non-hydrogen) atoms. The molecule has 0 aromatic carbocycles. The van der Waals surface area contributed by atoms with Crippen LogP contribution in [0.15, 0.2) is 48.6 Å². The van der Waals surface area contributed by atoms with E-state index < -0.39 is 20.0 Å². The predicted octanol–water partition coefficient (Wildman–Crippen LogP) is 15.2. The van der Waals surface area contributed by atoms with E-state index in [0.717, 1.165) is 44.9 Å². The number of hydrogen-bond donors (Lipinski definition) is 3. The number of carbonyl (C=O) groups excluding carboxylic acids is 1. The minimum Gasteiger partial charge on any atom is -0.387 e. The molecule has 0 fully saturated rings. The van der Waals surface area contributed by atoms with Gasteiger partial charge in [0.05, 0.1) is 39.9 Å². The molecule has 0 spiro atoms. The Morgan fingerprint density at radius 3 is 1.29 bits per heavy atom. The number of rotatable bonds is 47. The maximum Gasteiger partial charge on any atom is 0.472 e. The first-order chi connectivity index (χ1) is 30.0. The van der Waals surface area contributed by atoms with E-state index in [2.05, 4.69) is 55.6 Å². The van der Waals surface area contributed by atoms with Crippen molar-refractivity contribution in [1.82, 2.24) is 5.32 Å². The zero-order valence-corrected chi connectivity index (χ0v) is 42.3. The van der Waals surface area contributed by atoms with Gasteiger partial charge in [-0.2, -0.15) is 0 Å². The van der Waals surface area contributed by atoms with Gasteiger partial charge in [0.25, 0.3) is 0 Å². The molecule has 0 saturated heterocycles. The summed E-state index contributed by atoms with van der Waals surface area (Å²) in [6, 6.07) is -0.871. The fourth-order valence-electron chi connectivity index (χ4n) is 7.36. The number of phosphoric ester groups is 1. The number of unbranched alkanes of at least 4 members (excludes halogenated alkanes) is 28. The molecule has 0 rings (SSSR count). The van der Waals surface area contributed by atoms with Crippen LogP contribution in [0.25, 0.3) is 0 Å². The average molecular weight is 894 g/mol. The highest BCUT2D eigenvalue weighted by atomic mass is 31.2. The lowest BCUT2D eigenvalue weighted by Crippen LogP contribution is -2.45. The van der Waals surface area contributed by atoms with Gasteiger partial charge >= 0.3 is 7.82 Å². The van der Waals surface area contributed by atoms with E-state index in [1.54, 1.807) is 6.08 Å². The fraction of sp³-hybridized carbons (Fsp3) is 0.830. The summed E-state index contributed by atoms with van der Waals surface area (Å²) in [5, 5.41) is 13.9. The molecule has 0 saturated carbocycles. The molecular weight excluding hydrogens is 792 g/mol. The molecule has 0 aliphatic heterocycles. The van der Waals surface area contributed by atoms with Crippen molar-refractivity contribution in [2.75, 3.05) is 40.9 Å². The van der Waals surface area contributed by atoms with E-state index in [-0.39, 0.29) is 19.1 Å². The zero-order valence-electron chi connectivity index (χ0n) is 41.4. The second-order valence-electron chi connectivity index (χ2n) is 18.9. The number of allylic oxidation sites excluding steroid dienone is 7. The summed E-state index contributed by atoms with van der Waals surface area (Å²) in [7, 11) is 1.55. The van der Waals surface area contributed by atoms with Crippen molar-refractivity contribution < 1.29 is 32.9 Å². The molecule has 3 unspecified atom stereocenters. The first kappa shape index (κ1) is 60.5. The Morgan fingerprint density at radius 2 is 0.887 bits per heavy atom.